The fraction of sp³-hybridized carbons (Fsp3) is 0.125. The molecule has 0 aliphatic carbocycles. The minimum absolute atomic E-state index is 0.175. The molecule has 4 nitrogen and oxygen atoms in total. The first-order chi connectivity index (χ1) is 26.6. The molecule has 2 aliphatic rings. The molecule has 0 unspecified atom stereocenters. The van der Waals surface area contributed by atoms with Crippen molar-refractivity contribution in [2.45, 2.75) is 39.3 Å². The fourth-order valence-corrected chi connectivity index (χ4v) is 13.8. The van der Waals surface area contributed by atoms with E-state index in [1.807, 2.05) is 0 Å². The molecular weight excluding hydrogens is 704 g/mol. The van der Waals surface area contributed by atoms with Crippen LogP contribution in [0.15, 0.2) is 148 Å². The zero-order valence-corrected chi connectivity index (χ0v) is 34.1. The van der Waals surface area contributed by atoms with Gasteiger partial charge in [0.15, 0.2) is 0 Å². The van der Waals surface area contributed by atoms with Crippen molar-refractivity contribution < 1.29 is 8.83 Å². The molecule has 7 heteroatoms. The third-order valence-corrected chi connectivity index (χ3v) is 15.9. The molecule has 0 fully saturated rings. The van der Waals surface area contributed by atoms with Crippen LogP contribution in [0.2, 0.25) is 39.3 Å². The highest BCUT2D eigenvalue weighted by Crippen LogP contribution is 2.48. The molecular formula is C48H41BN2O2Si2. The third kappa shape index (κ3) is 4.57. The zero-order valence-electron chi connectivity index (χ0n) is 32.1. The largest absolute Gasteiger partial charge is 0.468 e. The molecule has 0 N–H and O–H groups in total. The lowest BCUT2D eigenvalue weighted by molar-refractivity contribution is 0.622. The van der Waals surface area contributed by atoms with Crippen LogP contribution in [-0.4, -0.2) is 22.9 Å². The zero-order chi connectivity index (χ0) is 37.4. The van der Waals surface area contributed by atoms with Crippen LogP contribution in [0.5, 0.6) is 0 Å². The Labute approximate surface area is 323 Å². The Morgan fingerprint density at radius 3 is 1.51 bits per heavy atom. The average molecular weight is 745 g/mol. The number of benzene rings is 7. The van der Waals surface area contributed by atoms with E-state index in [4.69, 9.17) is 8.83 Å². The molecule has 4 heterocycles. The van der Waals surface area contributed by atoms with Crippen LogP contribution in [0.4, 0.5) is 34.3 Å². The van der Waals surface area contributed by atoms with Crippen LogP contribution in [0.25, 0.3) is 43.5 Å². The maximum Gasteiger partial charge on any atom is 0.302 e. The van der Waals surface area contributed by atoms with Gasteiger partial charge in [-0.2, -0.15) is 0 Å². The first kappa shape index (κ1) is 32.7. The van der Waals surface area contributed by atoms with E-state index in [-0.39, 0.29) is 6.71 Å². The molecule has 9 aromatic rings. The molecule has 0 saturated carbocycles. The van der Waals surface area contributed by atoms with E-state index in [2.05, 4.69) is 189 Å². The Bertz CT molecular complexity index is 3060. The number of nitrogens with zero attached hydrogens (tertiary/aromatic N) is 2. The summed E-state index contributed by atoms with van der Waals surface area (Å²) in [5, 5.41) is 10.3. The maximum absolute atomic E-state index is 7.17. The summed E-state index contributed by atoms with van der Waals surface area (Å²) in [4.78, 5) is 5.01. The molecule has 0 amide bonds. The minimum Gasteiger partial charge on any atom is -0.468 e. The SMILES string of the molecule is C[Si](C)(C)c1c(N2c3cccc4c3B(c3oc5ccccc5c3N4c3ccc4ccccc4c3[Si](C)(C)C)c3c2oc2ccccc32)ccc2ccccc12. The highest BCUT2D eigenvalue weighted by molar-refractivity contribution is 7.01. The van der Waals surface area contributed by atoms with Gasteiger partial charge in [0.1, 0.15) is 11.2 Å². The van der Waals surface area contributed by atoms with Gasteiger partial charge in [-0.25, -0.2) is 0 Å². The highest BCUT2D eigenvalue weighted by Gasteiger charge is 2.50. The third-order valence-electron chi connectivity index (χ3n) is 11.8. The van der Waals surface area contributed by atoms with E-state index in [0.29, 0.717) is 0 Å². The van der Waals surface area contributed by atoms with E-state index < -0.39 is 16.1 Å². The van der Waals surface area contributed by atoms with E-state index >= 15 is 0 Å². The van der Waals surface area contributed by atoms with Crippen molar-refractivity contribution in [1.82, 2.24) is 0 Å². The van der Waals surface area contributed by atoms with Gasteiger partial charge in [-0.15, -0.1) is 0 Å². The number of anilines is 6. The number of furan rings is 2. The van der Waals surface area contributed by atoms with Crippen molar-refractivity contribution in [2.24, 2.45) is 0 Å². The van der Waals surface area contributed by atoms with E-state index in [1.165, 1.54) is 54.4 Å². The van der Waals surface area contributed by atoms with Gasteiger partial charge < -0.3 is 13.7 Å². The standard InChI is InChI=1S/C48H41BN2O2Si2/c1-54(2,3)45-32-18-9-7-16-30(32)26-28-38(45)50-36-22-15-23-37-43(36)49(47-44(50)35-21-12-14-25-41(35)52-47)42-34-20-11-13-24-40(34)53-48(42)51(37)39-29-27-31-17-8-10-19-33(31)46(39)55(4,5)6/h7-29H,1-6H3. The lowest BCUT2D eigenvalue weighted by Crippen LogP contribution is -2.61. The monoisotopic (exact) mass is 744 g/mol. The molecule has 0 atom stereocenters. The van der Waals surface area contributed by atoms with Crippen LogP contribution in [0, 0.1) is 0 Å². The van der Waals surface area contributed by atoms with Crippen molar-refractivity contribution in [3.63, 3.8) is 0 Å². The number of hydrogen-bond acceptors (Lipinski definition) is 4. The van der Waals surface area contributed by atoms with E-state index in [9.17, 15) is 0 Å². The van der Waals surface area contributed by atoms with Crippen molar-refractivity contribution >= 4 is 128 Å². The van der Waals surface area contributed by atoms with Crippen LogP contribution in [-0.2, 0) is 0 Å². The minimum atomic E-state index is -1.94. The predicted octanol–water partition coefficient (Wildman–Crippen LogP) is 10.7. The van der Waals surface area contributed by atoms with Crippen LogP contribution >= 0.6 is 0 Å². The summed E-state index contributed by atoms with van der Waals surface area (Å²) in [6.07, 6.45) is 0. The van der Waals surface area contributed by atoms with Gasteiger partial charge in [-0.3, -0.25) is 4.90 Å². The molecule has 0 saturated heterocycles. The summed E-state index contributed by atoms with van der Waals surface area (Å²) >= 11 is 0. The first-order valence-electron chi connectivity index (χ1n) is 19.4. The van der Waals surface area contributed by atoms with Crippen molar-refractivity contribution in [2.75, 3.05) is 9.80 Å². The van der Waals surface area contributed by atoms with Gasteiger partial charge in [0, 0.05) is 39.0 Å². The first-order valence-corrected chi connectivity index (χ1v) is 26.4. The fourth-order valence-electron chi connectivity index (χ4n) is 9.80. The molecule has 7 aromatic carbocycles. The van der Waals surface area contributed by atoms with Crippen molar-refractivity contribution in [1.29, 1.82) is 0 Å². The predicted molar refractivity (Wildman–Crippen MR) is 241 cm³/mol. The van der Waals surface area contributed by atoms with Gasteiger partial charge in [0.05, 0.1) is 27.5 Å². The second-order valence-corrected chi connectivity index (χ2v) is 27.3. The summed E-state index contributed by atoms with van der Waals surface area (Å²) in [6, 6.07) is 51.1. The quantitative estimate of drug-likeness (QED) is 0.168. The normalized spacial score (nSPS) is 13.9. The van der Waals surface area contributed by atoms with Gasteiger partial charge >= 0.3 is 6.71 Å². The second-order valence-electron chi connectivity index (χ2n) is 17.3. The Morgan fingerprint density at radius 2 is 0.909 bits per heavy atom. The molecule has 0 spiro atoms. The average Bonchev–Trinajstić information content (AvgIpc) is 3.75. The Morgan fingerprint density at radius 1 is 0.418 bits per heavy atom. The van der Waals surface area contributed by atoms with Crippen LogP contribution < -0.4 is 36.8 Å². The highest BCUT2D eigenvalue weighted by atomic mass is 28.3. The molecule has 11 rings (SSSR count). The summed E-state index contributed by atoms with van der Waals surface area (Å²) in [5.41, 5.74) is 11.0. The Kier molecular flexibility index (Phi) is 6.76. The maximum atomic E-state index is 7.17. The summed E-state index contributed by atoms with van der Waals surface area (Å²) < 4.78 is 14.3. The Hall–Kier alpha value is -5.76. The second kappa shape index (κ2) is 11.4. The summed E-state index contributed by atoms with van der Waals surface area (Å²) in [6.45, 7) is 14.6. The van der Waals surface area contributed by atoms with Crippen LogP contribution in [0.3, 0.4) is 0 Å². The topological polar surface area (TPSA) is 32.8 Å². The molecule has 2 aromatic heterocycles. The Balaban J connectivity index is 1.30. The molecule has 2 aliphatic heterocycles. The van der Waals surface area contributed by atoms with Gasteiger partial charge in [0.2, 0.25) is 5.88 Å². The molecule has 55 heavy (non-hydrogen) atoms. The number of hydrogen-bond donors (Lipinski definition) is 0. The lowest BCUT2D eigenvalue weighted by atomic mass is 9.35. The number of rotatable bonds is 4. The van der Waals surface area contributed by atoms with Gasteiger partial charge in [-0.1, -0.05) is 136 Å². The van der Waals surface area contributed by atoms with Crippen molar-refractivity contribution in [3.8, 4) is 0 Å². The van der Waals surface area contributed by atoms with Gasteiger partial charge in [-0.05, 0) is 79.8 Å². The molecule has 266 valence electrons. The van der Waals surface area contributed by atoms with E-state index in [1.54, 1.807) is 0 Å². The van der Waals surface area contributed by atoms with Crippen LogP contribution in [0.1, 0.15) is 0 Å². The van der Waals surface area contributed by atoms with Crippen molar-refractivity contribution in [3.05, 3.63) is 140 Å². The molecule has 0 bridgehead atoms. The smallest absolute Gasteiger partial charge is 0.302 e. The summed E-state index contributed by atoms with van der Waals surface area (Å²) in [7, 11) is -3.88. The number of para-hydroxylation sites is 2. The van der Waals surface area contributed by atoms with E-state index in [0.717, 1.165) is 50.3 Å². The summed E-state index contributed by atoms with van der Waals surface area (Å²) in [5.74, 6) is 0.874. The number of fused-ring (bicyclic) bond motifs is 10. The lowest BCUT2D eigenvalue weighted by Gasteiger charge is -2.42. The van der Waals surface area contributed by atoms with Gasteiger partial charge in [0.25, 0.3) is 0 Å². The molecule has 0 radical (unpaired) electrons.